The maximum Gasteiger partial charge on any atom is 0.239 e. The van der Waals surface area contributed by atoms with E-state index in [0.717, 1.165) is 12.8 Å². The van der Waals surface area contributed by atoms with Crippen LogP contribution in [-0.4, -0.2) is 57.8 Å². The van der Waals surface area contributed by atoms with Gasteiger partial charge in [-0.05, 0) is 43.5 Å². The molecule has 0 saturated carbocycles. The van der Waals surface area contributed by atoms with E-state index in [2.05, 4.69) is 15.5 Å². The van der Waals surface area contributed by atoms with Gasteiger partial charge in [0.2, 0.25) is 17.6 Å². The molecule has 3 atom stereocenters. The highest BCUT2D eigenvalue weighted by atomic mass is 19.1. The van der Waals surface area contributed by atoms with Gasteiger partial charge in [0.05, 0.1) is 18.1 Å². The number of benzene rings is 1. The van der Waals surface area contributed by atoms with Gasteiger partial charge in [0, 0.05) is 25.2 Å². The van der Waals surface area contributed by atoms with Gasteiger partial charge < -0.3 is 19.8 Å². The number of hydrogen-bond donors (Lipinski definition) is 2. The second-order valence-corrected chi connectivity index (χ2v) is 6.94. The molecule has 1 amide bonds. The molecule has 4 rings (SSSR count). The average molecular weight is 360 g/mol. The third-order valence-corrected chi connectivity index (χ3v) is 5.03. The summed E-state index contributed by atoms with van der Waals surface area (Å²) in [4.78, 5) is 18.9. The number of rotatable bonds is 3. The molecule has 8 heteroatoms. The number of carbonyl (C=O) groups is 1. The van der Waals surface area contributed by atoms with Gasteiger partial charge in [-0.15, -0.1) is 0 Å². The highest BCUT2D eigenvalue weighted by Crippen LogP contribution is 2.28. The number of nitrogens with zero attached hydrogens (tertiary/aromatic N) is 3. The first kappa shape index (κ1) is 17.1. The van der Waals surface area contributed by atoms with Crippen molar-refractivity contribution >= 4 is 5.91 Å². The molecule has 7 nitrogen and oxygen atoms in total. The van der Waals surface area contributed by atoms with Crippen molar-refractivity contribution in [2.75, 3.05) is 19.6 Å². The first-order valence-electron chi connectivity index (χ1n) is 8.90. The SMILES string of the molecule is O=C(C1CC(O)CN1)N1CCCC(c2nc(-c3ccc(F)cc3)no2)C1. The third kappa shape index (κ3) is 3.47. The van der Waals surface area contributed by atoms with E-state index >= 15 is 0 Å². The monoisotopic (exact) mass is 360 g/mol. The molecule has 2 saturated heterocycles. The van der Waals surface area contributed by atoms with Gasteiger partial charge in [-0.2, -0.15) is 4.98 Å². The molecular formula is C18H21FN4O3. The lowest BCUT2D eigenvalue weighted by atomic mass is 9.97. The Hall–Kier alpha value is -2.32. The fourth-order valence-electron chi connectivity index (χ4n) is 3.62. The summed E-state index contributed by atoms with van der Waals surface area (Å²) in [7, 11) is 0. The molecule has 0 aliphatic carbocycles. The number of aliphatic hydroxyl groups is 1. The Morgan fingerprint density at radius 1 is 1.35 bits per heavy atom. The molecular weight excluding hydrogens is 339 g/mol. The van der Waals surface area contributed by atoms with Crippen molar-refractivity contribution in [1.82, 2.24) is 20.4 Å². The van der Waals surface area contributed by atoms with Crippen LogP contribution in [0.5, 0.6) is 0 Å². The summed E-state index contributed by atoms with van der Waals surface area (Å²) in [5.41, 5.74) is 0.689. The normalized spacial score (nSPS) is 26.2. The molecule has 2 N–H and O–H groups in total. The topological polar surface area (TPSA) is 91.5 Å². The number of halogens is 1. The van der Waals surface area contributed by atoms with Gasteiger partial charge in [0.15, 0.2) is 0 Å². The van der Waals surface area contributed by atoms with Crippen LogP contribution in [0.15, 0.2) is 28.8 Å². The highest BCUT2D eigenvalue weighted by Gasteiger charge is 2.35. The van der Waals surface area contributed by atoms with Crippen LogP contribution in [0, 0.1) is 5.82 Å². The number of carbonyl (C=O) groups excluding carboxylic acids is 1. The number of piperidine rings is 1. The maximum absolute atomic E-state index is 13.0. The predicted octanol–water partition coefficient (Wildman–Crippen LogP) is 1.30. The Morgan fingerprint density at radius 2 is 2.15 bits per heavy atom. The van der Waals surface area contributed by atoms with E-state index in [0.29, 0.717) is 43.3 Å². The highest BCUT2D eigenvalue weighted by molar-refractivity contribution is 5.82. The number of aliphatic hydroxyl groups excluding tert-OH is 1. The van der Waals surface area contributed by atoms with Crippen LogP contribution in [0.2, 0.25) is 0 Å². The summed E-state index contributed by atoms with van der Waals surface area (Å²) in [5, 5.41) is 16.7. The van der Waals surface area contributed by atoms with Crippen molar-refractivity contribution in [3.05, 3.63) is 36.0 Å². The maximum atomic E-state index is 13.0. The van der Waals surface area contributed by atoms with E-state index in [1.54, 1.807) is 12.1 Å². The van der Waals surface area contributed by atoms with Crippen LogP contribution < -0.4 is 5.32 Å². The number of nitrogens with one attached hydrogen (secondary N) is 1. The van der Waals surface area contributed by atoms with Crippen LogP contribution in [0.4, 0.5) is 4.39 Å². The van der Waals surface area contributed by atoms with E-state index < -0.39 is 6.10 Å². The molecule has 2 aliphatic heterocycles. The molecule has 0 spiro atoms. The van der Waals surface area contributed by atoms with Crippen LogP contribution in [-0.2, 0) is 4.79 Å². The van der Waals surface area contributed by atoms with Gasteiger partial charge in [-0.1, -0.05) is 5.16 Å². The molecule has 0 bridgehead atoms. The second kappa shape index (κ2) is 7.13. The Bertz CT molecular complexity index is 779. The number of hydrogen-bond acceptors (Lipinski definition) is 6. The number of aromatic nitrogens is 2. The molecule has 3 unspecified atom stereocenters. The standard InChI is InChI=1S/C18H21FN4O3/c19-13-5-3-11(4-6-13)16-21-17(26-22-16)12-2-1-7-23(10-12)18(25)15-8-14(24)9-20-15/h3-6,12,14-15,20,24H,1-2,7-10H2. The van der Waals surface area contributed by atoms with Crippen LogP contribution in [0.1, 0.15) is 31.1 Å². The minimum absolute atomic E-state index is 0.0132. The molecule has 138 valence electrons. The zero-order valence-electron chi connectivity index (χ0n) is 14.3. The number of amides is 1. The largest absolute Gasteiger partial charge is 0.392 e. The Labute approximate surface area is 150 Å². The summed E-state index contributed by atoms with van der Waals surface area (Å²) in [6, 6.07) is 5.61. The number of β-amino-alcohol motifs (C(OH)–C–C–N with tert-alkyl or cyclic N) is 1. The van der Waals surface area contributed by atoms with Crippen molar-refractivity contribution in [3.8, 4) is 11.4 Å². The van der Waals surface area contributed by atoms with Crippen LogP contribution in [0.25, 0.3) is 11.4 Å². The zero-order chi connectivity index (χ0) is 18.1. The lowest BCUT2D eigenvalue weighted by Crippen LogP contribution is -2.47. The van der Waals surface area contributed by atoms with Gasteiger partial charge in [-0.3, -0.25) is 4.79 Å². The summed E-state index contributed by atoms with van der Waals surface area (Å²) < 4.78 is 18.5. The molecule has 2 fully saturated rings. The Balaban J connectivity index is 1.45. The van der Waals surface area contributed by atoms with Crippen molar-refractivity contribution in [1.29, 1.82) is 0 Å². The van der Waals surface area contributed by atoms with Crippen molar-refractivity contribution < 1.29 is 18.8 Å². The fourth-order valence-corrected chi connectivity index (χ4v) is 3.62. The average Bonchev–Trinajstić information content (AvgIpc) is 3.31. The summed E-state index contributed by atoms with van der Waals surface area (Å²) in [6.07, 6.45) is 1.73. The first-order valence-corrected chi connectivity index (χ1v) is 8.90. The molecule has 1 aromatic heterocycles. The minimum Gasteiger partial charge on any atom is -0.392 e. The van der Waals surface area contributed by atoms with Crippen molar-refractivity contribution in [2.45, 2.75) is 37.3 Å². The molecule has 26 heavy (non-hydrogen) atoms. The van der Waals surface area contributed by atoms with Crippen LogP contribution in [0.3, 0.4) is 0 Å². The van der Waals surface area contributed by atoms with Crippen molar-refractivity contribution in [3.63, 3.8) is 0 Å². The van der Waals surface area contributed by atoms with Gasteiger partial charge in [-0.25, -0.2) is 4.39 Å². The minimum atomic E-state index is -0.459. The quantitative estimate of drug-likeness (QED) is 0.857. The predicted molar refractivity (Wildman–Crippen MR) is 90.7 cm³/mol. The van der Waals surface area contributed by atoms with E-state index in [1.165, 1.54) is 12.1 Å². The third-order valence-electron chi connectivity index (χ3n) is 5.03. The molecule has 2 aromatic rings. The van der Waals surface area contributed by atoms with Gasteiger partial charge in [0.25, 0.3) is 0 Å². The zero-order valence-corrected chi connectivity index (χ0v) is 14.3. The summed E-state index contributed by atoms with van der Waals surface area (Å²) in [5.74, 6) is 0.611. The van der Waals surface area contributed by atoms with E-state index in [1.807, 2.05) is 4.90 Å². The first-order chi connectivity index (χ1) is 12.6. The number of likely N-dealkylation sites (tertiary alicyclic amines) is 1. The summed E-state index contributed by atoms with van der Waals surface area (Å²) >= 11 is 0. The second-order valence-electron chi connectivity index (χ2n) is 6.94. The van der Waals surface area contributed by atoms with Gasteiger partial charge >= 0.3 is 0 Å². The Morgan fingerprint density at radius 3 is 2.88 bits per heavy atom. The van der Waals surface area contributed by atoms with E-state index in [4.69, 9.17) is 4.52 Å². The fraction of sp³-hybridized carbons (Fsp3) is 0.500. The van der Waals surface area contributed by atoms with Crippen molar-refractivity contribution in [2.24, 2.45) is 0 Å². The molecule has 0 radical (unpaired) electrons. The molecule has 3 heterocycles. The Kier molecular flexibility index (Phi) is 4.69. The lowest BCUT2D eigenvalue weighted by molar-refractivity contribution is -0.134. The molecule has 2 aliphatic rings. The van der Waals surface area contributed by atoms with Gasteiger partial charge in [0.1, 0.15) is 5.82 Å². The smallest absolute Gasteiger partial charge is 0.239 e. The summed E-state index contributed by atoms with van der Waals surface area (Å²) in [6.45, 7) is 1.68. The van der Waals surface area contributed by atoms with E-state index in [-0.39, 0.29) is 23.7 Å². The van der Waals surface area contributed by atoms with Crippen LogP contribution >= 0.6 is 0 Å². The van der Waals surface area contributed by atoms with E-state index in [9.17, 15) is 14.3 Å². The molecule has 1 aromatic carbocycles. The lowest BCUT2D eigenvalue weighted by Gasteiger charge is -2.32.